The number of methoxy groups -OCH3 is 1. The molecule has 240 valence electrons. The molecule has 0 spiro atoms. The summed E-state index contributed by atoms with van der Waals surface area (Å²) < 4.78 is 55.6. The zero-order valence-corrected chi connectivity index (χ0v) is 25.6. The van der Waals surface area contributed by atoms with Gasteiger partial charge in [0.05, 0.1) is 24.4 Å². The lowest BCUT2D eigenvalue weighted by Crippen LogP contribution is -2.44. The molecule has 2 aromatic heterocycles. The van der Waals surface area contributed by atoms with E-state index in [2.05, 4.69) is 15.4 Å². The number of benzene rings is 2. The number of nitrogens with zero attached hydrogens (tertiary/aromatic N) is 3. The lowest BCUT2D eigenvalue weighted by atomic mass is 9.81. The summed E-state index contributed by atoms with van der Waals surface area (Å²) in [5.41, 5.74) is 3.60. The van der Waals surface area contributed by atoms with Gasteiger partial charge in [0.2, 0.25) is 11.7 Å². The number of fused-ring (bicyclic) bond motifs is 2. The van der Waals surface area contributed by atoms with Crippen molar-refractivity contribution in [1.29, 1.82) is 0 Å². The van der Waals surface area contributed by atoms with E-state index in [0.717, 1.165) is 12.1 Å². The van der Waals surface area contributed by atoms with Gasteiger partial charge in [-0.05, 0) is 56.0 Å². The van der Waals surface area contributed by atoms with Crippen LogP contribution in [0.25, 0.3) is 22.2 Å². The third-order valence-electron chi connectivity index (χ3n) is 9.23. The van der Waals surface area contributed by atoms with E-state index in [-0.39, 0.29) is 58.1 Å². The number of nitrogens with two attached hydrogens (primary N) is 1. The highest BCUT2D eigenvalue weighted by Crippen LogP contribution is 2.51. The number of carbonyl (C=O) groups is 2. The third-order valence-corrected chi connectivity index (χ3v) is 9.54. The largest absolute Gasteiger partial charge is 0.494 e. The highest BCUT2D eigenvalue weighted by Gasteiger charge is 2.50. The molecule has 0 unspecified atom stereocenters. The van der Waals surface area contributed by atoms with E-state index in [1.54, 1.807) is 13.0 Å². The van der Waals surface area contributed by atoms with Gasteiger partial charge < -0.3 is 25.6 Å². The summed E-state index contributed by atoms with van der Waals surface area (Å²) in [6.45, 7) is 1.12. The molecular formula is C32H29ClF3N5O5. The van der Waals surface area contributed by atoms with Crippen LogP contribution in [0.5, 0.6) is 11.5 Å². The molecular weight excluding hydrogens is 627 g/mol. The number of nitrogens with one attached hydrogen (secondary N) is 1. The number of halogens is 4. The number of primary amides is 1. The molecule has 2 aliphatic carbocycles. The van der Waals surface area contributed by atoms with Crippen LogP contribution in [-0.4, -0.2) is 51.9 Å². The standard InChI is InChI=1S/C32H29ClF3N5O5/c1-30(29(37)43)14-46-27-19(30)10-24(39-26(27)18-9-21(34)22(35)11-20(18)33)32(44,17-3-4-17)13-38-28(42)15-7-16-12-41(31(36)5-6-31)40-25(16)23(8-15)45-2/h7-12,17,44H,3-6,13-14H2,1-2H3,(H2,37,43)(H,38,42)/t30-,32+/m0/s1. The van der Waals surface area contributed by atoms with E-state index in [0.29, 0.717) is 42.1 Å². The Morgan fingerprint density at radius 3 is 2.59 bits per heavy atom. The van der Waals surface area contributed by atoms with Gasteiger partial charge >= 0.3 is 0 Å². The molecule has 2 saturated carbocycles. The maximum atomic E-state index is 14.7. The lowest BCUT2D eigenvalue weighted by Gasteiger charge is -2.30. The molecule has 2 atom stereocenters. The molecule has 0 radical (unpaired) electrons. The predicted molar refractivity (Wildman–Crippen MR) is 160 cm³/mol. The van der Waals surface area contributed by atoms with Crippen LogP contribution >= 0.6 is 11.6 Å². The Morgan fingerprint density at radius 2 is 1.93 bits per heavy atom. The molecule has 3 heterocycles. The van der Waals surface area contributed by atoms with Gasteiger partial charge in [-0.2, -0.15) is 5.10 Å². The quantitative estimate of drug-likeness (QED) is 0.224. The topological polar surface area (TPSA) is 142 Å². The number of ether oxygens (including phenoxy) is 2. The number of aliphatic hydroxyl groups is 1. The van der Waals surface area contributed by atoms with Crippen LogP contribution in [0.15, 0.2) is 36.5 Å². The van der Waals surface area contributed by atoms with Crippen LogP contribution < -0.4 is 20.5 Å². The minimum Gasteiger partial charge on any atom is -0.494 e. The van der Waals surface area contributed by atoms with Gasteiger partial charge in [-0.1, -0.05) is 11.6 Å². The number of aromatic nitrogens is 3. The second kappa shape index (κ2) is 10.3. The Labute approximate surface area is 265 Å². The van der Waals surface area contributed by atoms with E-state index in [9.17, 15) is 27.9 Å². The van der Waals surface area contributed by atoms with E-state index in [4.69, 9.17) is 26.8 Å². The zero-order valence-electron chi connectivity index (χ0n) is 24.8. The average Bonchev–Trinajstić information content (AvgIpc) is 3.95. The zero-order chi connectivity index (χ0) is 32.8. The smallest absolute Gasteiger partial charge is 0.251 e. The molecule has 0 saturated heterocycles. The summed E-state index contributed by atoms with van der Waals surface area (Å²) in [6, 6.07) is 6.21. The van der Waals surface area contributed by atoms with Crippen molar-refractivity contribution in [3.63, 3.8) is 0 Å². The van der Waals surface area contributed by atoms with E-state index >= 15 is 0 Å². The van der Waals surface area contributed by atoms with Crippen LogP contribution in [0.1, 0.15) is 54.2 Å². The summed E-state index contributed by atoms with van der Waals surface area (Å²) in [4.78, 5) is 30.8. The summed E-state index contributed by atoms with van der Waals surface area (Å²) >= 11 is 6.33. The fraction of sp³-hybridized carbons (Fsp3) is 0.375. The molecule has 46 heavy (non-hydrogen) atoms. The first-order valence-corrected chi connectivity index (χ1v) is 15.1. The number of alkyl halides is 1. The molecule has 1 aliphatic heterocycles. The molecule has 14 heteroatoms. The van der Waals surface area contributed by atoms with Gasteiger partial charge in [0, 0.05) is 41.1 Å². The summed E-state index contributed by atoms with van der Waals surface area (Å²) in [5, 5.41) is 19.6. The van der Waals surface area contributed by atoms with Crippen molar-refractivity contribution in [2.75, 3.05) is 20.3 Å². The predicted octanol–water partition coefficient (Wildman–Crippen LogP) is 4.62. The minimum absolute atomic E-state index is 0.0136. The number of amides is 2. The van der Waals surface area contributed by atoms with Crippen molar-refractivity contribution in [3.8, 4) is 22.8 Å². The van der Waals surface area contributed by atoms with Gasteiger partial charge in [0.1, 0.15) is 40.3 Å². The first-order valence-electron chi connectivity index (χ1n) is 14.7. The van der Waals surface area contributed by atoms with Crippen LogP contribution in [0.2, 0.25) is 5.02 Å². The fourth-order valence-electron chi connectivity index (χ4n) is 5.95. The molecule has 2 aromatic carbocycles. The Balaban J connectivity index is 1.27. The van der Waals surface area contributed by atoms with Crippen LogP contribution in [-0.2, 0) is 21.6 Å². The SMILES string of the molecule is COc1cc(C(=O)NC[C@](O)(c2cc3c(c(-c4cc(F)c(F)cc4Cl)n2)OC[C@]3(C)C(N)=O)C2CC2)cc2cn(C3(F)CC3)nc12. The molecule has 0 bridgehead atoms. The van der Waals surface area contributed by atoms with Crippen molar-refractivity contribution >= 4 is 34.3 Å². The monoisotopic (exact) mass is 655 g/mol. The van der Waals surface area contributed by atoms with Crippen molar-refractivity contribution in [2.45, 2.75) is 49.4 Å². The molecule has 7 rings (SSSR count). The number of carbonyl (C=O) groups excluding carboxylic acids is 2. The Hall–Kier alpha value is -4.36. The van der Waals surface area contributed by atoms with Gasteiger partial charge in [0.25, 0.3) is 5.91 Å². The van der Waals surface area contributed by atoms with Gasteiger partial charge in [-0.25, -0.2) is 22.8 Å². The number of hydrogen-bond donors (Lipinski definition) is 3. The van der Waals surface area contributed by atoms with E-state index < -0.39 is 40.3 Å². The van der Waals surface area contributed by atoms with Crippen LogP contribution in [0.3, 0.4) is 0 Å². The van der Waals surface area contributed by atoms with Gasteiger partial charge in [0.15, 0.2) is 11.6 Å². The van der Waals surface area contributed by atoms with Gasteiger partial charge in [-0.15, -0.1) is 0 Å². The third kappa shape index (κ3) is 4.75. The number of pyridine rings is 1. The maximum Gasteiger partial charge on any atom is 0.251 e. The summed E-state index contributed by atoms with van der Waals surface area (Å²) in [6.07, 6.45) is 3.45. The molecule has 3 aliphatic rings. The Bertz CT molecular complexity index is 1960. The highest BCUT2D eigenvalue weighted by molar-refractivity contribution is 6.33. The number of rotatable bonds is 9. The maximum absolute atomic E-state index is 14.7. The van der Waals surface area contributed by atoms with Crippen molar-refractivity contribution in [2.24, 2.45) is 11.7 Å². The highest BCUT2D eigenvalue weighted by atomic mass is 35.5. The fourth-order valence-corrected chi connectivity index (χ4v) is 6.19. The van der Waals surface area contributed by atoms with Crippen LogP contribution in [0.4, 0.5) is 13.2 Å². The van der Waals surface area contributed by atoms with Crippen molar-refractivity contribution in [1.82, 2.24) is 20.1 Å². The molecule has 4 aromatic rings. The Morgan fingerprint density at radius 1 is 1.22 bits per heavy atom. The molecule has 4 N–H and O–H groups in total. The lowest BCUT2D eigenvalue weighted by molar-refractivity contribution is -0.123. The average molecular weight is 656 g/mol. The summed E-state index contributed by atoms with van der Waals surface area (Å²) in [7, 11) is 1.42. The number of hydrogen-bond acceptors (Lipinski definition) is 7. The second-order valence-corrected chi connectivity index (χ2v) is 12.9. The first kappa shape index (κ1) is 30.3. The minimum atomic E-state index is -1.75. The van der Waals surface area contributed by atoms with Crippen molar-refractivity contribution in [3.05, 3.63) is 70.0 Å². The van der Waals surface area contributed by atoms with Crippen molar-refractivity contribution < 1.29 is 37.3 Å². The first-order chi connectivity index (χ1) is 21.8. The van der Waals surface area contributed by atoms with E-state index in [1.807, 2.05) is 0 Å². The summed E-state index contributed by atoms with van der Waals surface area (Å²) in [5.74, 6) is -5.11. The van der Waals surface area contributed by atoms with Gasteiger partial charge in [-0.3, -0.25) is 9.59 Å². The second-order valence-electron chi connectivity index (χ2n) is 12.5. The molecule has 2 fully saturated rings. The van der Waals surface area contributed by atoms with E-state index in [1.165, 1.54) is 30.1 Å². The normalized spacial score (nSPS) is 20.9. The molecule has 10 nitrogen and oxygen atoms in total. The molecule has 2 amide bonds. The Kier molecular flexibility index (Phi) is 6.80. The van der Waals surface area contributed by atoms with Crippen LogP contribution in [0, 0.1) is 17.6 Å².